The Morgan fingerprint density at radius 1 is 1.15 bits per heavy atom. The molecule has 0 amide bonds. The summed E-state index contributed by atoms with van der Waals surface area (Å²) in [5, 5.41) is 6.58. The number of imidazole rings is 1. The molecule has 2 aliphatic rings. The highest BCUT2D eigenvalue weighted by molar-refractivity contribution is 5.76. The van der Waals surface area contributed by atoms with Gasteiger partial charge in [0.2, 0.25) is 11.9 Å². The van der Waals surface area contributed by atoms with Gasteiger partial charge in [0.1, 0.15) is 5.52 Å². The van der Waals surface area contributed by atoms with Gasteiger partial charge in [-0.3, -0.25) is 4.57 Å². The van der Waals surface area contributed by atoms with E-state index in [4.69, 9.17) is 10.7 Å². The summed E-state index contributed by atoms with van der Waals surface area (Å²) in [6, 6.07) is 5.30. The van der Waals surface area contributed by atoms with Crippen molar-refractivity contribution < 1.29 is 13.2 Å². The summed E-state index contributed by atoms with van der Waals surface area (Å²) in [5.41, 5.74) is 6.80. The number of benzene rings is 1. The summed E-state index contributed by atoms with van der Waals surface area (Å²) in [7, 11) is 0. The van der Waals surface area contributed by atoms with E-state index in [1.165, 1.54) is 12.5 Å². The zero-order valence-corrected chi connectivity index (χ0v) is 19.2. The van der Waals surface area contributed by atoms with Gasteiger partial charge in [0.25, 0.3) is 0 Å². The van der Waals surface area contributed by atoms with Crippen LogP contribution in [0.15, 0.2) is 30.5 Å². The monoisotopic (exact) mass is 473 g/mol. The van der Waals surface area contributed by atoms with Crippen LogP contribution in [0.2, 0.25) is 0 Å². The predicted molar refractivity (Wildman–Crippen MR) is 126 cm³/mol. The highest BCUT2D eigenvalue weighted by Crippen LogP contribution is 2.38. The minimum absolute atomic E-state index is 0.00315. The van der Waals surface area contributed by atoms with Crippen molar-refractivity contribution in [2.75, 3.05) is 17.2 Å². The number of hydrogen-bond acceptors (Lipinski definition) is 6. The van der Waals surface area contributed by atoms with Crippen LogP contribution in [0.5, 0.6) is 0 Å². The van der Waals surface area contributed by atoms with E-state index in [2.05, 4.69) is 27.5 Å². The van der Waals surface area contributed by atoms with E-state index >= 15 is 0 Å². The minimum Gasteiger partial charge on any atom is -0.349 e. The molecule has 0 saturated heterocycles. The molecule has 0 unspecified atom stereocenters. The number of hydrogen-bond donors (Lipinski definition) is 3. The lowest BCUT2D eigenvalue weighted by Crippen LogP contribution is -2.42. The van der Waals surface area contributed by atoms with Gasteiger partial charge in [-0.25, -0.2) is 9.97 Å². The number of nitrogens with two attached hydrogens (primary N) is 1. The Morgan fingerprint density at radius 2 is 1.91 bits per heavy atom. The molecule has 7 nitrogen and oxygen atoms in total. The van der Waals surface area contributed by atoms with E-state index in [-0.39, 0.29) is 11.6 Å². The molecule has 2 saturated carbocycles. The first-order valence-corrected chi connectivity index (χ1v) is 11.9. The Labute approximate surface area is 196 Å². The van der Waals surface area contributed by atoms with Gasteiger partial charge >= 0.3 is 6.18 Å². The average Bonchev–Trinajstić information content (AvgIpc) is 3.14. The molecule has 2 fully saturated rings. The molecular formula is C24H30F3N7. The Hall–Kier alpha value is -2.88. The number of halogens is 3. The van der Waals surface area contributed by atoms with Crippen LogP contribution >= 0.6 is 0 Å². The summed E-state index contributed by atoms with van der Waals surface area (Å²) < 4.78 is 41.8. The standard InChI is InChI=1S/C24H30F3N7/c1-23(10-3-11-23)33-21-29-14-19-20(32-21)34(18-8-6-15(13-28)7-9-18)22(31-19)30-17-5-2-4-16(12-17)24(25,26)27/h2,4-5,12,14-15,18H,3,6-11,13,28H2,1H3,(H,30,31)(H,29,32,33). The van der Waals surface area contributed by atoms with Crippen LogP contribution in [-0.2, 0) is 6.18 Å². The zero-order valence-electron chi connectivity index (χ0n) is 19.2. The molecule has 0 radical (unpaired) electrons. The highest BCUT2D eigenvalue weighted by atomic mass is 19.4. The van der Waals surface area contributed by atoms with Crippen molar-refractivity contribution in [3.63, 3.8) is 0 Å². The van der Waals surface area contributed by atoms with Crippen LogP contribution in [0, 0.1) is 5.92 Å². The summed E-state index contributed by atoms with van der Waals surface area (Å²) in [6.45, 7) is 2.83. The normalized spacial score (nSPS) is 22.4. The number of anilines is 3. The van der Waals surface area contributed by atoms with Crippen molar-refractivity contribution in [3.05, 3.63) is 36.0 Å². The molecule has 2 heterocycles. The Kier molecular flexibility index (Phi) is 5.87. The Morgan fingerprint density at radius 3 is 2.56 bits per heavy atom. The van der Waals surface area contributed by atoms with Gasteiger partial charge in [0.15, 0.2) is 5.65 Å². The highest BCUT2D eigenvalue weighted by Gasteiger charge is 2.33. The number of aromatic nitrogens is 4. The summed E-state index contributed by atoms with van der Waals surface area (Å²) >= 11 is 0. The maximum atomic E-state index is 13.2. The third-order valence-electron chi connectivity index (χ3n) is 7.26. The number of rotatable bonds is 6. The predicted octanol–water partition coefficient (Wildman–Crippen LogP) is 5.63. The fourth-order valence-corrected chi connectivity index (χ4v) is 5.03. The van der Waals surface area contributed by atoms with E-state index < -0.39 is 11.7 Å². The number of nitrogens with one attached hydrogen (secondary N) is 2. The van der Waals surface area contributed by atoms with E-state index in [9.17, 15) is 13.2 Å². The minimum atomic E-state index is -4.41. The van der Waals surface area contributed by atoms with Crippen LogP contribution < -0.4 is 16.4 Å². The van der Waals surface area contributed by atoms with Crippen molar-refractivity contribution in [1.29, 1.82) is 0 Å². The molecule has 1 aromatic carbocycles. The van der Waals surface area contributed by atoms with Crippen molar-refractivity contribution >= 4 is 28.7 Å². The molecule has 5 rings (SSSR count). The molecule has 4 N–H and O–H groups in total. The van der Waals surface area contributed by atoms with E-state index in [0.29, 0.717) is 41.2 Å². The third kappa shape index (κ3) is 4.55. The van der Waals surface area contributed by atoms with Gasteiger partial charge < -0.3 is 16.4 Å². The number of nitrogens with zero attached hydrogens (tertiary/aromatic N) is 4. The van der Waals surface area contributed by atoms with Gasteiger partial charge in [0, 0.05) is 17.3 Å². The number of alkyl halides is 3. The van der Waals surface area contributed by atoms with Crippen molar-refractivity contribution in [2.24, 2.45) is 11.7 Å². The van der Waals surface area contributed by atoms with Gasteiger partial charge in [-0.2, -0.15) is 18.2 Å². The Balaban J connectivity index is 1.52. The van der Waals surface area contributed by atoms with Gasteiger partial charge in [0.05, 0.1) is 11.8 Å². The first-order valence-electron chi connectivity index (χ1n) is 11.9. The van der Waals surface area contributed by atoms with E-state index in [0.717, 1.165) is 50.7 Å². The first-order chi connectivity index (χ1) is 16.2. The fraction of sp³-hybridized carbons (Fsp3) is 0.542. The van der Waals surface area contributed by atoms with Crippen LogP contribution in [0.25, 0.3) is 11.2 Å². The smallest absolute Gasteiger partial charge is 0.349 e. The molecule has 0 aliphatic heterocycles. The van der Waals surface area contributed by atoms with Gasteiger partial charge in [-0.1, -0.05) is 6.07 Å². The van der Waals surface area contributed by atoms with Crippen molar-refractivity contribution in [3.8, 4) is 0 Å². The van der Waals surface area contributed by atoms with E-state index in [1.54, 1.807) is 12.3 Å². The lowest BCUT2D eigenvalue weighted by atomic mass is 9.79. The lowest BCUT2D eigenvalue weighted by Gasteiger charge is -2.39. The van der Waals surface area contributed by atoms with Crippen LogP contribution in [0.1, 0.15) is 63.5 Å². The van der Waals surface area contributed by atoms with Crippen molar-refractivity contribution in [2.45, 2.75) is 69.6 Å². The molecular weight excluding hydrogens is 443 g/mol. The first kappa shape index (κ1) is 22.9. The quantitative estimate of drug-likeness (QED) is 0.429. The van der Waals surface area contributed by atoms with Gasteiger partial charge in [-0.15, -0.1) is 0 Å². The average molecular weight is 474 g/mol. The molecule has 34 heavy (non-hydrogen) atoms. The molecule has 10 heteroatoms. The molecule has 2 aromatic heterocycles. The Bertz CT molecular complexity index is 1160. The maximum Gasteiger partial charge on any atom is 0.416 e. The third-order valence-corrected chi connectivity index (χ3v) is 7.26. The molecule has 2 aliphatic carbocycles. The van der Waals surface area contributed by atoms with Crippen LogP contribution in [0.3, 0.4) is 0 Å². The second-order valence-electron chi connectivity index (χ2n) is 9.86. The SMILES string of the molecule is CC1(Nc2ncc3nc(Nc4cccc(C(F)(F)F)c4)n(C4CCC(CN)CC4)c3n2)CCC1. The second-order valence-corrected chi connectivity index (χ2v) is 9.86. The van der Waals surface area contributed by atoms with E-state index in [1.807, 2.05) is 4.57 Å². The van der Waals surface area contributed by atoms with Gasteiger partial charge in [-0.05, 0) is 82.5 Å². The largest absolute Gasteiger partial charge is 0.416 e. The lowest BCUT2D eigenvalue weighted by molar-refractivity contribution is -0.137. The number of fused-ring (bicyclic) bond motifs is 1. The molecule has 0 atom stereocenters. The summed E-state index contributed by atoms with van der Waals surface area (Å²) in [6.07, 6.45) is 4.41. The fourth-order valence-electron chi connectivity index (χ4n) is 5.03. The van der Waals surface area contributed by atoms with Crippen LogP contribution in [0.4, 0.5) is 30.8 Å². The summed E-state index contributed by atoms with van der Waals surface area (Å²) in [5.74, 6) is 1.53. The molecule has 182 valence electrons. The molecule has 0 spiro atoms. The topological polar surface area (TPSA) is 93.7 Å². The summed E-state index contributed by atoms with van der Waals surface area (Å²) in [4.78, 5) is 13.9. The zero-order chi connectivity index (χ0) is 23.9. The second kappa shape index (κ2) is 8.72. The molecule has 3 aromatic rings. The maximum absolute atomic E-state index is 13.2. The van der Waals surface area contributed by atoms with Crippen LogP contribution in [-0.4, -0.2) is 31.6 Å². The van der Waals surface area contributed by atoms with Crippen molar-refractivity contribution in [1.82, 2.24) is 19.5 Å². The molecule has 0 bridgehead atoms.